The van der Waals surface area contributed by atoms with E-state index in [0.717, 1.165) is 6.54 Å². The molecule has 0 rings (SSSR count). The van der Waals surface area contributed by atoms with Crippen molar-refractivity contribution >= 4 is 5.91 Å². The molecule has 68 valence electrons. The Kier molecular flexibility index (Phi) is 5.14. The molecule has 0 aliphatic heterocycles. The molecule has 0 saturated carbocycles. The van der Waals surface area contributed by atoms with Gasteiger partial charge in [0.15, 0.2) is 0 Å². The van der Waals surface area contributed by atoms with Crippen LogP contribution in [0, 0.1) is 12.3 Å². The SMILES string of the molecule is C#CCN(C)C(=O)CCN(C)C. The van der Waals surface area contributed by atoms with Crippen LogP contribution in [0.1, 0.15) is 6.42 Å². The number of rotatable bonds is 4. The number of hydrogen-bond donors (Lipinski definition) is 0. The van der Waals surface area contributed by atoms with Crippen LogP contribution < -0.4 is 0 Å². The van der Waals surface area contributed by atoms with E-state index >= 15 is 0 Å². The van der Waals surface area contributed by atoms with Crippen molar-refractivity contribution in [3.8, 4) is 12.3 Å². The molecule has 0 aromatic rings. The lowest BCUT2D eigenvalue weighted by molar-refractivity contribution is -0.129. The normalized spacial score (nSPS) is 9.58. The van der Waals surface area contributed by atoms with E-state index in [1.165, 1.54) is 0 Å². The molecule has 0 aliphatic rings. The maximum atomic E-state index is 11.2. The Hall–Kier alpha value is -1.01. The zero-order chi connectivity index (χ0) is 9.56. The molecule has 0 heterocycles. The van der Waals surface area contributed by atoms with Crippen molar-refractivity contribution in [1.82, 2.24) is 9.80 Å². The molecule has 0 radical (unpaired) electrons. The molecule has 0 spiro atoms. The first kappa shape index (κ1) is 11.0. The topological polar surface area (TPSA) is 23.6 Å². The van der Waals surface area contributed by atoms with Crippen LogP contribution in [-0.4, -0.2) is 49.9 Å². The van der Waals surface area contributed by atoms with E-state index in [4.69, 9.17) is 6.42 Å². The second-order valence-electron chi connectivity index (χ2n) is 3.01. The molecule has 3 heteroatoms. The third-order valence-electron chi connectivity index (χ3n) is 1.53. The second-order valence-corrected chi connectivity index (χ2v) is 3.01. The van der Waals surface area contributed by atoms with Crippen LogP contribution in [0.2, 0.25) is 0 Å². The summed E-state index contributed by atoms with van der Waals surface area (Å²) in [6.45, 7) is 1.17. The highest BCUT2D eigenvalue weighted by molar-refractivity contribution is 5.76. The highest BCUT2D eigenvalue weighted by Crippen LogP contribution is 1.90. The fourth-order valence-corrected chi connectivity index (χ4v) is 0.735. The van der Waals surface area contributed by atoms with Crippen LogP contribution in [0.25, 0.3) is 0 Å². The van der Waals surface area contributed by atoms with Gasteiger partial charge in [-0.05, 0) is 14.1 Å². The van der Waals surface area contributed by atoms with Gasteiger partial charge in [0.2, 0.25) is 5.91 Å². The third-order valence-corrected chi connectivity index (χ3v) is 1.53. The van der Waals surface area contributed by atoms with Crippen molar-refractivity contribution in [1.29, 1.82) is 0 Å². The van der Waals surface area contributed by atoms with E-state index in [9.17, 15) is 4.79 Å². The lowest BCUT2D eigenvalue weighted by Crippen LogP contribution is -2.29. The van der Waals surface area contributed by atoms with Crippen molar-refractivity contribution in [2.24, 2.45) is 0 Å². The Bertz CT molecular complexity index is 181. The fourth-order valence-electron chi connectivity index (χ4n) is 0.735. The number of terminal acetylenes is 1. The van der Waals surface area contributed by atoms with Crippen LogP contribution in [0.5, 0.6) is 0 Å². The van der Waals surface area contributed by atoms with Gasteiger partial charge < -0.3 is 9.80 Å². The van der Waals surface area contributed by atoms with E-state index in [1.54, 1.807) is 11.9 Å². The smallest absolute Gasteiger partial charge is 0.224 e. The molecular formula is C9H16N2O. The largest absolute Gasteiger partial charge is 0.335 e. The average molecular weight is 168 g/mol. The quantitative estimate of drug-likeness (QED) is 0.553. The van der Waals surface area contributed by atoms with Crippen molar-refractivity contribution in [2.75, 3.05) is 34.2 Å². The van der Waals surface area contributed by atoms with Crippen LogP contribution >= 0.6 is 0 Å². The number of carbonyl (C=O) groups is 1. The zero-order valence-electron chi connectivity index (χ0n) is 8.00. The summed E-state index contributed by atoms with van der Waals surface area (Å²) in [5, 5.41) is 0. The second kappa shape index (κ2) is 5.62. The van der Waals surface area contributed by atoms with Crippen LogP contribution in [0.4, 0.5) is 0 Å². The Labute approximate surface area is 74.3 Å². The Morgan fingerprint density at radius 2 is 2.00 bits per heavy atom. The van der Waals surface area contributed by atoms with Crippen LogP contribution in [0.3, 0.4) is 0 Å². The van der Waals surface area contributed by atoms with Crippen molar-refractivity contribution < 1.29 is 4.79 Å². The molecule has 0 fully saturated rings. The van der Waals surface area contributed by atoms with Crippen LogP contribution in [-0.2, 0) is 4.79 Å². The Morgan fingerprint density at radius 3 is 2.42 bits per heavy atom. The van der Waals surface area contributed by atoms with E-state index < -0.39 is 0 Å². The van der Waals surface area contributed by atoms with Crippen molar-refractivity contribution in [2.45, 2.75) is 6.42 Å². The van der Waals surface area contributed by atoms with Gasteiger partial charge in [-0.25, -0.2) is 0 Å². The maximum Gasteiger partial charge on any atom is 0.224 e. The molecule has 3 nitrogen and oxygen atoms in total. The van der Waals surface area contributed by atoms with E-state index in [0.29, 0.717) is 13.0 Å². The van der Waals surface area contributed by atoms with Crippen molar-refractivity contribution in [3.05, 3.63) is 0 Å². The molecule has 0 aromatic heterocycles. The highest BCUT2D eigenvalue weighted by Gasteiger charge is 2.06. The first-order valence-corrected chi connectivity index (χ1v) is 3.90. The van der Waals surface area contributed by atoms with E-state index in [2.05, 4.69) is 5.92 Å². The first-order valence-electron chi connectivity index (χ1n) is 3.90. The number of amides is 1. The van der Waals surface area contributed by atoms with Crippen molar-refractivity contribution in [3.63, 3.8) is 0 Å². The lowest BCUT2D eigenvalue weighted by Gasteiger charge is -2.15. The molecule has 0 unspecified atom stereocenters. The molecule has 0 aliphatic carbocycles. The Morgan fingerprint density at radius 1 is 1.42 bits per heavy atom. The predicted octanol–water partition coefficient (Wildman–Crippen LogP) is 0.0297. The van der Waals surface area contributed by atoms with Gasteiger partial charge in [0.25, 0.3) is 0 Å². The summed E-state index contributed by atoms with van der Waals surface area (Å²) in [6, 6.07) is 0. The summed E-state index contributed by atoms with van der Waals surface area (Å²) < 4.78 is 0. The Balaban J connectivity index is 3.66. The molecule has 0 saturated heterocycles. The minimum absolute atomic E-state index is 0.0988. The number of nitrogens with zero attached hydrogens (tertiary/aromatic N) is 2. The van der Waals surface area contributed by atoms with E-state index in [1.807, 2.05) is 19.0 Å². The molecule has 12 heavy (non-hydrogen) atoms. The summed E-state index contributed by atoms with van der Waals surface area (Å²) in [5.41, 5.74) is 0. The molecule has 0 bridgehead atoms. The van der Waals surface area contributed by atoms with Gasteiger partial charge in [0, 0.05) is 20.0 Å². The molecule has 0 N–H and O–H groups in total. The highest BCUT2D eigenvalue weighted by atomic mass is 16.2. The van der Waals surface area contributed by atoms with Gasteiger partial charge in [0.1, 0.15) is 0 Å². The minimum atomic E-state index is 0.0988. The van der Waals surface area contributed by atoms with Gasteiger partial charge in [-0.15, -0.1) is 6.42 Å². The first-order chi connectivity index (χ1) is 5.57. The third kappa shape index (κ3) is 4.75. The standard InChI is InChI=1S/C9H16N2O/c1-5-7-11(4)9(12)6-8-10(2)3/h1H,6-8H2,2-4H3. The summed E-state index contributed by atoms with van der Waals surface area (Å²) >= 11 is 0. The summed E-state index contributed by atoms with van der Waals surface area (Å²) in [5.74, 6) is 2.53. The zero-order valence-corrected chi connectivity index (χ0v) is 8.00. The molecule has 0 aromatic carbocycles. The van der Waals surface area contributed by atoms with Crippen LogP contribution in [0.15, 0.2) is 0 Å². The molecule has 0 atom stereocenters. The summed E-state index contributed by atoms with van der Waals surface area (Å²) in [7, 11) is 5.60. The number of carbonyl (C=O) groups excluding carboxylic acids is 1. The lowest BCUT2D eigenvalue weighted by atomic mass is 10.3. The van der Waals surface area contributed by atoms with Gasteiger partial charge in [-0.3, -0.25) is 4.79 Å². The molecule has 1 amide bonds. The van der Waals surface area contributed by atoms with Gasteiger partial charge in [-0.2, -0.15) is 0 Å². The summed E-state index contributed by atoms with van der Waals surface area (Å²) in [4.78, 5) is 14.8. The number of hydrogen-bond acceptors (Lipinski definition) is 2. The van der Waals surface area contributed by atoms with Gasteiger partial charge in [-0.1, -0.05) is 5.92 Å². The summed E-state index contributed by atoms with van der Waals surface area (Å²) in [6.07, 6.45) is 5.60. The monoisotopic (exact) mass is 168 g/mol. The predicted molar refractivity (Wildman–Crippen MR) is 49.6 cm³/mol. The van der Waals surface area contributed by atoms with Gasteiger partial charge in [0.05, 0.1) is 6.54 Å². The fraction of sp³-hybridized carbons (Fsp3) is 0.667. The average Bonchev–Trinajstić information content (AvgIpc) is 2.00. The minimum Gasteiger partial charge on any atom is -0.335 e. The van der Waals surface area contributed by atoms with E-state index in [-0.39, 0.29) is 5.91 Å². The molecular weight excluding hydrogens is 152 g/mol. The maximum absolute atomic E-state index is 11.2. The van der Waals surface area contributed by atoms with Gasteiger partial charge >= 0.3 is 0 Å².